The number of ether oxygens (including phenoxy) is 1. The van der Waals surface area contributed by atoms with Gasteiger partial charge in [0.25, 0.3) is 0 Å². The summed E-state index contributed by atoms with van der Waals surface area (Å²) in [6.07, 6.45) is 14.9. The van der Waals surface area contributed by atoms with Gasteiger partial charge in [0, 0.05) is 6.54 Å². The fourth-order valence-electron chi connectivity index (χ4n) is 4.16. The molecular formula is C29H42N2O5S. The van der Waals surface area contributed by atoms with Crippen LogP contribution >= 0.6 is 11.3 Å². The number of thiophene rings is 1. The molecule has 0 spiro atoms. The standard InChI is InChI=1S/C29H42N2O5S/c1-3-4-5-6-7-8-9-10-11-12-13-17-20-30-29(35)31-26-24(27(32)33)22(2)25(37-26)28(34)36-21-23-18-15-14-16-19-23/h14-16,18-19H,3-13,17,20-21H2,1-2H3,(H,32,33)(H2,30,31,35). The minimum Gasteiger partial charge on any atom is -0.478 e. The molecule has 0 aliphatic heterocycles. The quantitative estimate of drug-likeness (QED) is 0.134. The zero-order valence-corrected chi connectivity index (χ0v) is 23.1. The average Bonchev–Trinajstić information content (AvgIpc) is 3.21. The minimum atomic E-state index is -1.20. The Morgan fingerprint density at radius 3 is 2.00 bits per heavy atom. The highest BCUT2D eigenvalue weighted by Crippen LogP contribution is 2.33. The van der Waals surface area contributed by atoms with Crippen molar-refractivity contribution in [1.29, 1.82) is 0 Å². The van der Waals surface area contributed by atoms with Gasteiger partial charge in [-0.15, -0.1) is 11.3 Å². The second-order valence-corrected chi connectivity index (χ2v) is 10.4. The summed E-state index contributed by atoms with van der Waals surface area (Å²) in [5.41, 5.74) is 1.03. The van der Waals surface area contributed by atoms with Crippen LogP contribution in [-0.2, 0) is 11.3 Å². The number of nitrogens with one attached hydrogen (secondary N) is 2. The fraction of sp³-hybridized carbons (Fsp3) is 0.552. The Bertz CT molecular complexity index is 974. The molecule has 1 aromatic heterocycles. The number of carboxylic acids is 1. The van der Waals surface area contributed by atoms with Gasteiger partial charge in [-0.2, -0.15) is 0 Å². The number of rotatable bonds is 18. The van der Waals surface area contributed by atoms with Crippen molar-refractivity contribution < 1.29 is 24.2 Å². The number of carbonyl (C=O) groups excluding carboxylic acids is 2. The maximum absolute atomic E-state index is 12.6. The Hall–Kier alpha value is -2.87. The molecule has 2 aromatic rings. The van der Waals surface area contributed by atoms with Gasteiger partial charge < -0.3 is 15.2 Å². The van der Waals surface area contributed by atoms with E-state index in [2.05, 4.69) is 17.6 Å². The Labute approximate surface area is 225 Å². The molecule has 0 saturated carbocycles. The number of amides is 2. The molecule has 1 aromatic carbocycles. The van der Waals surface area contributed by atoms with E-state index >= 15 is 0 Å². The highest BCUT2D eigenvalue weighted by molar-refractivity contribution is 7.18. The largest absolute Gasteiger partial charge is 0.478 e. The number of hydrogen-bond acceptors (Lipinski definition) is 5. The third kappa shape index (κ3) is 11.4. The summed E-state index contributed by atoms with van der Waals surface area (Å²) in [6.45, 7) is 4.39. The van der Waals surface area contributed by atoms with Crippen molar-refractivity contribution in [2.75, 3.05) is 11.9 Å². The number of esters is 1. The van der Waals surface area contributed by atoms with Crippen molar-refractivity contribution in [3.8, 4) is 0 Å². The number of carbonyl (C=O) groups is 3. The maximum Gasteiger partial charge on any atom is 0.349 e. The van der Waals surface area contributed by atoms with Crippen LogP contribution in [-0.4, -0.2) is 29.6 Å². The zero-order valence-electron chi connectivity index (χ0n) is 22.3. The van der Waals surface area contributed by atoms with Gasteiger partial charge in [0.1, 0.15) is 16.5 Å². The maximum atomic E-state index is 12.6. The molecule has 2 amide bonds. The summed E-state index contributed by atoms with van der Waals surface area (Å²) >= 11 is 0.921. The zero-order chi connectivity index (χ0) is 26.9. The highest BCUT2D eigenvalue weighted by Gasteiger charge is 2.26. The van der Waals surface area contributed by atoms with Gasteiger partial charge in [-0.1, -0.05) is 108 Å². The van der Waals surface area contributed by atoms with Crippen LogP contribution < -0.4 is 10.6 Å². The molecular weight excluding hydrogens is 488 g/mol. The molecule has 2 rings (SSSR count). The van der Waals surface area contributed by atoms with E-state index in [-0.39, 0.29) is 27.6 Å². The molecule has 1 heterocycles. The van der Waals surface area contributed by atoms with E-state index in [1.807, 2.05) is 30.3 Å². The topological polar surface area (TPSA) is 105 Å². The van der Waals surface area contributed by atoms with Crippen LogP contribution in [0.3, 0.4) is 0 Å². The molecule has 0 aliphatic rings. The second-order valence-electron chi connectivity index (χ2n) is 9.40. The average molecular weight is 531 g/mol. The number of unbranched alkanes of at least 4 members (excludes halogenated alkanes) is 11. The van der Waals surface area contributed by atoms with Gasteiger partial charge in [-0.05, 0) is 24.5 Å². The van der Waals surface area contributed by atoms with E-state index in [4.69, 9.17) is 4.74 Å². The molecule has 0 radical (unpaired) electrons. The third-order valence-electron chi connectivity index (χ3n) is 6.30. The van der Waals surface area contributed by atoms with Crippen molar-refractivity contribution in [3.63, 3.8) is 0 Å². The van der Waals surface area contributed by atoms with Gasteiger partial charge in [0.15, 0.2) is 0 Å². The van der Waals surface area contributed by atoms with E-state index in [0.29, 0.717) is 6.54 Å². The van der Waals surface area contributed by atoms with E-state index in [0.717, 1.165) is 36.2 Å². The van der Waals surface area contributed by atoms with Gasteiger partial charge in [-0.25, -0.2) is 14.4 Å². The van der Waals surface area contributed by atoms with Crippen molar-refractivity contribution >= 4 is 34.3 Å². The van der Waals surface area contributed by atoms with Gasteiger partial charge in [-0.3, -0.25) is 5.32 Å². The molecule has 3 N–H and O–H groups in total. The molecule has 0 unspecified atom stereocenters. The second kappa shape index (κ2) is 17.6. The summed E-state index contributed by atoms with van der Waals surface area (Å²) in [6, 6.07) is 8.77. The summed E-state index contributed by atoms with van der Waals surface area (Å²) in [7, 11) is 0. The molecule has 0 saturated heterocycles. The van der Waals surface area contributed by atoms with E-state index in [1.165, 1.54) is 57.8 Å². The molecule has 8 heteroatoms. The van der Waals surface area contributed by atoms with Crippen molar-refractivity contribution in [1.82, 2.24) is 5.32 Å². The highest BCUT2D eigenvalue weighted by atomic mass is 32.1. The molecule has 204 valence electrons. The Kier molecular flexibility index (Phi) is 14.4. The first-order valence-electron chi connectivity index (χ1n) is 13.6. The molecule has 0 bridgehead atoms. The van der Waals surface area contributed by atoms with Crippen LogP contribution in [0, 0.1) is 6.92 Å². The first kappa shape index (κ1) is 30.4. The Balaban J connectivity index is 1.69. The molecule has 7 nitrogen and oxygen atoms in total. The van der Waals surface area contributed by atoms with E-state index in [9.17, 15) is 19.5 Å². The van der Waals surface area contributed by atoms with E-state index in [1.54, 1.807) is 6.92 Å². The summed E-state index contributed by atoms with van der Waals surface area (Å²) in [4.78, 5) is 36.9. The predicted molar refractivity (Wildman–Crippen MR) is 150 cm³/mol. The molecule has 0 aliphatic carbocycles. The molecule has 0 fully saturated rings. The van der Waals surface area contributed by atoms with Crippen LogP contribution in [0.25, 0.3) is 0 Å². The van der Waals surface area contributed by atoms with Gasteiger partial charge in [0.05, 0.1) is 5.56 Å². The Morgan fingerprint density at radius 1 is 0.865 bits per heavy atom. The van der Waals surface area contributed by atoms with E-state index < -0.39 is 18.0 Å². The lowest BCUT2D eigenvalue weighted by molar-refractivity contribution is 0.0477. The number of benzene rings is 1. The van der Waals surface area contributed by atoms with Crippen LogP contribution in [0.5, 0.6) is 0 Å². The third-order valence-corrected chi connectivity index (χ3v) is 7.49. The lowest BCUT2D eigenvalue weighted by Gasteiger charge is -2.07. The van der Waals surface area contributed by atoms with Crippen molar-refractivity contribution in [2.45, 2.75) is 97.5 Å². The number of anilines is 1. The smallest absolute Gasteiger partial charge is 0.349 e. The fourth-order valence-corrected chi connectivity index (χ4v) is 5.25. The van der Waals surface area contributed by atoms with Gasteiger partial charge in [0.2, 0.25) is 0 Å². The first-order chi connectivity index (χ1) is 17.9. The van der Waals surface area contributed by atoms with Crippen LogP contribution in [0.2, 0.25) is 0 Å². The summed E-state index contributed by atoms with van der Waals surface area (Å²) in [5, 5.41) is 15.2. The number of aromatic carboxylic acids is 1. The lowest BCUT2D eigenvalue weighted by atomic mass is 10.1. The molecule has 0 atom stereocenters. The first-order valence-corrected chi connectivity index (χ1v) is 14.4. The SMILES string of the molecule is CCCCCCCCCCCCCCNC(=O)Nc1sc(C(=O)OCc2ccccc2)c(C)c1C(=O)O. The summed E-state index contributed by atoms with van der Waals surface area (Å²) < 4.78 is 5.35. The Morgan fingerprint density at radius 2 is 1.43 bits per heavy atom. The number of carboxylic acid groups (broad SMARTS) is 1. The normalized spacial score (nSPS) is 10.8. The predicted octanol–water partition coefficient (Wildman–Crippen LogP) is 7.93. The van der Waals surface area contributed by atoms with Crippen LogP contribution in [0.1, 0.15) is 115 Å². The van der Waals surface area contributed by atoms with Crippen LogP contribution in [0.15, 0.2) is 30.3 Å². The van der Waals surface area contributed by atoms with Crippen molar-refractivity contribution in [3.05, 3.63) is 51.9 Å². The minimum absolute atomic E-state index is 0.0850. The lowest BCUT2D eigenvalue weighted by Crippen LogP contribution is -2.29. The monoisotopic (exact) mass is 530 g/mol. The van der Waals surface area contributed by atoms with Crippen molar-refractivity contribution in [2.24, 2.45) is 0 Å². The van der Waals surface area contributed by atoms with Crippen LogP contribution in [0.4, 0.5) is 9.80 Å². The number of hydrogen-bond donors (Lipinski definition) is 3. The molecule has 37 heavy (non-hydrogen) atoms. The number of urea groups is 1. The van der Waals surface area contributed by atoms with Gasteiger partial charge >= 0.3 is 18.0 Å². The summed E-state index contributed by atoms with van der Waals surface area (Å²) in [5.74, 6) is -1.81.